The fourth-order valence-electron chi connectivity index (χ4n) is 1.35. The van der Waals surface area contributed by atoms with Gasteiger partial charge in [0.2, 0.25) is 0 Å². The fraction of sp³-hybridized carbons (Fsp3) is 1.00. The van der Waals surface area contributed by atoms with Gasteiger partial charge in [0.15, 0.2) is 0 Å². The lowest BCUT2D eigenvalue weighted by molar-refractivity contribution is -0.0536. The summed E-state index contributed by atoms with van der Waals surface area (Å²) in [5.74, 6) is 0.588. The van der Waals surface area contributed by atoms with Gasteiger partial charge < -0.3 is 10.8 Å². The van der Waals surface area contributed by atoms with Crippen LogP contribution in [-0.2, 0) is 0 Å². The van der Waals surface area contributed by atoms with Crippen LogP contribution in [-0.4, -0.2) is 17.3 Å². The minimum atomic E-state index is -0.385. The van der Waals surface area contributed by atoms with Crippen molar-refractivity contribution in [3.8, 4) is 0 Å². The van der Waals surface area contributed by atoms with Crippen molar-refractivity contribution in [3.63, 3.8) is 0 Å². The summed E-state index contributed by atoms with van der Waals surface area (Å²) in [5, 5.41) is 9.16. The molecule has 1 rings (SSSR count). The predicted molar refractivity (Wildman–Crippen MR) is 32.4 cm³/mol. The largest absolute Gasteiger partial charge is 0.390 e. The topological polar surface area (TPSA) is 46.2 Å². The van der Waals surface area contributed by atoms with Gasteiger partial charge in [0.1, 0.15) is 0 Å². The van der Waals surface area contributed by atoms with Crippen molar-refractivity contribution in [1.82, 2.24) is 0 Å². The number of aliphatic hydroxyl groups is 1. The van der Waals surface area contributed by atoms with Gasteiger partial charge in [-0.05, 0) is 32.2 Å². The lowest BCUT2D eigenvalue weighted by Crippen LogP contribution is -2.43. The highest BCUT2D eigenvalue weighted by Crippen LogP contribution is 2.35. The molecule has 0 atom stereocenters. The molecule has 2 nitrogen and oxygen atoms in total. The van der Waals surface area contributed by atoms with Crippen LogP contribution in [0.2, 0.25) is 0 Å². The Labute approximate surface area is 49.7 Å². The van der Waals surface area contributed by atoms with E-state index in [-0.39, 0.29) is 5.60 Å². The third kappa shape index (κ3) is 1.01. The van der Waals surface area contributed by atoms with Crippen molar-refractivity contribution < 1.29 is 5.11 Å². The maximum absolute atomic E-state index is 9.16. The molecular formula is C6H13NO. The third-order valence-electron chi connectivity index (χ3n) is 1.79. The fourth-order valence-corrected chi connectivity index (χ4v) is 1.35. The predicted octanol–water partition coefficient (Wildman–Crippen LogP) is 0.106. The van der Waals surface area contributed by atoms with Crippen LogP contribution in [0.1, 0.15) is 19.8 Å². The maximum Gasteiger partial charge on any atom is 0.0626 e. The van der Waals surface area contributed by atoms with Crippen molar-refractivity contribution >= 4 is 0 Å². The van der Waals surface area contributed by atoms with Gasteiger partial charge in [-0.2, -0.15) is 0 Å². The van der Waals surface area contributed by atoms with Crippen LogP contribution in [0.25, 0.3) is 0 Å². The van der Waals surface area contributed by atoms with E-state index in [1.54, 1.807) is 0 Å². The molecule has 0 spiro atoms. The van der Waals surface area contributed by atoms with E-state index < -0.39 is 0 Å². The molecule has 0 radical (unpaired) electrons. The highest BCUT2D eigenvalue weighted by molar-refractivity contribution is 4.90. The molecule has 3 N–H and O–H groups in total. The van der Waals surface area contributed by atoms with E-state index in [0.29, 0.717) is 5.92 Å². The van der Waals surface area contributed by atoms with Crippen LogP contribution < -0.4 is 5.73 Å². The first-order valence-corrected chi connectivity index (χ1v) is 3.06. The zero-order chi connectivity index (χ0) is 6.20. The van der Waals surface area contributed by atoms with Gasteiger partial charge in [-0.25, -0.2) is 0 Å². The standard InChI is InChI=1S/C6H13NO/c1-6(8)2-5(3-6)4-7/h5,8H,2-4,7H2,1H3. The second kappa shape index (κ2) is 1.71. The lowest BCUT2D eigenvalue weighted by atomic mass is 9.72. The van der Waals surface area contributed by atoms with E-state index in [1.807, 2.05) is 6.92 Å². The maximum atomic E-state index is 9.16. The lowest BCUT2D eigenvalue weighted by Gasteiger charge is -2.40. The Balaban J connectivity index is 2.21. The quantitative estimate of drug-likeness (QED) is 0.509. The van der Waals surface area contributed by atoms with E-state index in [4.69, 9.17) is 10.8 Å². The summed E-state index contributed by atoms with van der Waals surface area (Å²) in [6, 6.07) is 0. The van der Waals surface area contributed by atoms with E-state index in [0.717, 1.165) is 19.4 Å². The van der Waals surface area contributed by atoms with Gasteiger partial charge in [-0.15, -0.1) is 0 Å². The molecule has 0 aromatic rings. The molecule has 8 heavy (non-hydrogen) atoms. The number of hydrogen-bond acceptors (Lipinski definition) is 2. The molecule has 1 aliphatic rings. The Morgan fingerprint density at radius 1 is 1.75 bits per heavy atom. The Morgan fingerprint density at radius 2 is 2.25 bits per heavy atom. The van der Waals surface area contributed by atoms with Crippen LogP contribution in [0.3, 0.4) is 0 Å². The van der Waals surface area contributed by atoms with Crippen molar-refractivity contribution in [1.29, 1.82) is 0 Å². The molecule has 0 aromatic heterocycles. The third-order valence-corrected chi connectivity index (χ3v) is 1.79. The van der Waals surface area contributed by atoms with Gasteiger partial charge in [0.25, 0.3) is 0 Å². The highest BCUT2D eigenvalue weighted by atomic mass is 16.3. The molecular weight excluding hydrogens is 102 g/mol. The highest BCUT2D eigenvalue weighted by Gasteiger charge is 2.36. The zero-order valence-electron chi connectivity index (χ0n) is 5.22. The second-order valence-electron chi connectivity index (χ2n) is 3.01. The Morgan fingerprint density at radius 3 is 2.38 bits per heavy atom. The smallest absolute Gasteiger partial charge is 0.0626 e. The number of rotatable bonds is 1. The van der Waals surface area contributed by atoms with Gasteiger partial charge in [0, 0.05) is 0 Å². The van der Waals surface area contributed by atoms with E-state index in [1.165, 1.54) is 0 Å². The minimum absolute atomic E-state index is 0.385. The SMILES string of the molecule is CC1(O)CC(CN)C1. The molecule has 0 aromatic carbocycles. The van der Waals surface area contributed by atoms with E-state index in [9.17, 15) is 0 Å². The van der Waals surface area contributed by atoms with E-state index in [2.05, 4.69) is 0 Å². The summed E-state index contributed by atoms with van der Waals surface area (Å²) in [6.45, 7) is 2.59. The number of hydrogen-bond donors (Lipinski definition) is 2. The molecule has 0 bridgehead atoms. The average molecular weight is 115 g/mol. The van der Waals surface area contributed by atoms with E-state index >= 15 is 0 Å². The molecule has 2 heteroatoms. The monoisotopic (exact) mass is 115 g/mol. The summed E-state index contributed by atoms with van der Waals surface area (Å²) in [4.78, 5) is 0. The Bertz CT molecular complexity index is 82.5. The normalized spacial score (nSPS) is 46.1. The summed E-state index contributed by atoms with van der Waals surface area (Å²) in [6.07, 6.45) is 1.78. The van der Waals surface area contributed by atoms with Crippen LogP contribution in [0.4, 0.5) is 0 Å². The molecule has 0 saturated heterocycles. The van der Waals surface area contributed by atoms with Gasteiger partial charge >= 0.3 is 0 Å². The first-order chi connectivity index (χ1) is 3.64. The summed E-state index contributed by atoms with van der Waals surface area (Å²) < 4.78 is 0. The molecule has 0 unspecified atom stereocenters. The first kappa shape index (κ1) is 6.05. The van der Waals surface area contributed by atoms with Crippen molar-refractivity contribution in [2.45, 2.75) is 25.4 Å². The molecule has 1 saturated carbocycles. The molecule has 0 amide bonds. The molecule has 0 heterocycles. The van der Waals surface area contributed by atoms with Crippen LogP contribution >= 0.6 is 0 Å². The van der Waals surface area contributed by atoms with Crippen molar-refractivity contribution in [2.24, 2.45) is 11.7 Å². The molecule has 1 aliphatic carbocycles. The molecule has 0 aliphatic heterocycles. The van der Waals surface area contributed by atoms with Crippen LogP contribution in [0.15, 0.2) is 0 Å². The zero-order valence-corrected chi connectivity index (χ0v) is 5.22. The van der Waals surface area contributed by atoms with Crippen LogP contribution in [0.5, 0.6) is 0 Å². The van der Waals surface area contributed by atoms with Crippen molar-refractivity contribution in [3.05, 3.63) is 0 Å². The summed E-state index contributed by atoms with van der Waals surface area (Å²) in [5.41, 5.74) is 4.96. The Hall–Kier alpha value is -0.0800. The summed E-state index contributed by atoms with van der Waals surface area (Å²) in [7, 11) is 0. The number of nitrogens with two attached hydrogens (primary N) is 1. The molecule has 48 valence electrons. The second-order valence-corrected chi connectivity index (χ2v) is 3.01. The van der Waals surface area contributed by atoms with Crippen LogP contribution in [0, 0.1) is 5.92 Å². The molecule has 1 fully saturated rings. The van der Waals surface area contributed by atoms with Gasteiger partial charge in [0.05, 0.1) is 5.60 Å². The van der Waals surface area contributed by atoms with Crippen molar-refractivity contribution in [2.75, 3.05) is 6.54 Å². The first-order valence-electron chi connectivity index (χ1n) is 3.06. The van der Waals surface area contributed by atoms with Gasteiger partial charge in [-0.1, -0.05) is 0 Å². The minimum Gasteiger partial charge on any atom is -0.390 e. The Kier molecular flexibility index (Phi) is 1.29. The average Bonchev–Trinajstić information content (AvgIpc) is 1.60. The summed E-state index contributed by atoms with van der Waals surface area (Å²) >= 11 is 0. The van der Waals surface area contributed by atoms with Gasteiger partial charge in [-0.3, -0.25) is 0 Å².